The molecule has 7 nitrogen and oxygen atoms in total. The van der Waals surface area contributed by atoms with Gasteiger partial charge in [-0.3, -0.25) is 9.78 Å². The van der Waals surface area contributed by atoms with E-state index >= 15 is 0 Å². The van der Waals surface area contributed by atoms with E-state index in [1.165, 1.54) is 0 Å². The highest BCUT2D eigenvalue weighted by atomic mass is 15.4. The van der Waals surface area contributed by atoms with Crippen LogP contribution in [-0.2, 0) is 7.05 Å². The van der Waals surface area contributed by atoms with Crippen LogP contribution in [0.5, 0.6) is 0 Å². The first-order valence-corrected chi connectivity index (χ1v) is 6.20. The standard InChI is InChI=1S/C11H17N7/c1-17-8-9(7-13-17)10-14-11(16-15-10)18-5-2-3-12-4-6-18/h7-8,12H,2-6H2,1H3,(H,14,15,16). The lowest BCUT2D eigenvalue weighted by atomic mass is 10.3. The van der Waals surface area contributed by atoms with Crippen molar-refractivity contribution in [2.75, 3.05) is 31.1 Å². The number of aromatic nitrogens is 5. The van der Waals surface area contributed by atoms with Crippen molar-refractivity contribution in [1.82, 2.24) is 30.3 Å². The normalized spacial score (nSPS) is 16.8. The molecule has 0 unspecified atom stereocenters. The Bertz CT molecular complexity index is 507. The Morgan fingerprint density at radius 2 is 2.22 bits per heavy atom. The molecule has 1 aliphatic heterocycles. The zero-order valence-corrected chi connectivity index (χ0v) is 10.4. The van der Waals surface area contributed by atoms with Gasteiger partial charge in [0.25, 0.3) is 0 Å². The minimum atomic E-state index is 0.773. The molecule has 7 heteroatoms. The van der Waals surface area contributed by atoms with E-state index in [-0.39, 0.29) is 0 Å². The Balaban J connectivity index is 1.80. The highest BCUT2D eigenvalue weighted by Crippen LogP contribution is 2.16. The highest BCUT2D eigenvalue weighted by molar-refractivity contribution is 5.53. The maximum atomic E-state index is 4.54. The van der Waals surface area contributed by atoms with Crippen molar-refractivity contribution in [3.8, 4) is 11.4 Å². The first-order chi connectivity index (χ1) is 8.83. The first kappa shape index (κ1) is 11.2. The van der Waals surface area contributed by atoms with Crippen molar-refractivity contribution < 1.29 is 0 Å². The van der Waals surface area contributed by atoms with E-state index in [9.17, 15) is 0 Å². The maximum Gasteiger partial charge on any atom is 0.245 e. The van der Waals surface area contributed by atoms with Gasteiger partial charge in [-0.05, 0) is 13.0 Å². The van der Waals surface area contributed by atoms with E-state index in [1.54, 1.807) is 10.9 Å². The summed E-state index contributed by atoms with van der Waals surface area (Å²) in [7, 11) is 1.89. The van der Waals surface area contributed by atoms with Gasteiger partial charge < -0.3 is 10.2 Å². The van der Waals surface area contributed by atoms with Gasteiger partial charge in [0, 0.05) is 32.9 Å². The zero-order chi connectivity index (χ0) is 12.4. The molecule has 1 fully saturated rings. The van der Waals surface area contributed by atoms with E-state index in [0.717, 1.165) is 49.9 Å². The van der Waals surface area contributed by atoms with Crippen molar-refractivity contribution in [3.63, 3.8) is 0 Å². The number of nitrogens with zero attached hydrogens (tertiary/aromatic N) is 5. The van der Waals surface area contributed by atoms with Gasteiger partial charge in [0.05, 0.1) is 11.8 Å². The van der Waals surface area contributed by atoms with E-state index in [4.69, 9.17) is 0 Å². The Hall–Kier alpha value is -1.89. The summed E-state index contributed by atoms with van der Waals surface area (Å²) in [6.07, 6.45) is 4.83. The van der Waals surface area contributed by atoms with Crippen LogP contribution in [-0.4, -0.2) is 51.1 Å². The van der Waals surface area contributed by atoms with Crippen molar-refractivity contribution in [2.45, 2.75) is 6.42 Å². The van der Waals surface area contributed by atoms with Crippen LogP contribution in [0.2, 0.25) is 0 Å². The molecule has 1 aliphatic rings. The van der Waals surface area contributed by atoms with Gasteiger partial charge in [0.2, 0.25) is 5.95 Å². The Morgan fingerprint density at radius 1 is 1.28 bits per heavy atom. The molecular formula is C11H17N7. The second-order valence-corrected chi connectivity index (χ2v) is 4.48. The lowest BCUT2D eigenvalue weighted by molar-refractivity contribution is 0.724. The van der Waals surface area contributed by atoms with Gasteiger partial charge in [-0.25, -0.2) is 0 Å². The minimum absolute atomic E-state index is 0.773. The summed E-state index contributed by atoms with van der Waals surface area (Å²) in [5, 5.41) is 14.8. The van der Waals surface area contributed by atoms with E-state index < -0.39 is 0 Å². The van der Waals surface area contributed by atoms with Crippen LogP contribution < -0.4 is 10.2 Å². The maximum absolute atomic E-state index is 4.54. The van der Waals surface area contributed by atoms with Crippen LogP contribution in [0.1, 0.15) is 6.42 Å². The average molecular weight is 247 g/mol. The lowest BCUT2D eigenvalue weighted by Gasteiger charge is -2.16. The summed E-state index contributed by atoms with van der Waals surface area (Å²) in [5.74, 6) is 1.55. The molecule has 0 spiro atoms. The summed E-state index contributed by atoms with van der Waals surface area (Å²) in [4.78, 5) is 6.74. The number of hydrogen-bond donors (Lipinski definition) is 2. The largest absolute Gasteiger partial charge is 0.338 e. The Morgan fingerprint density at radius 3 is 3.06 bits per heavy atom. The van der Waals surface area contributed by atoms with Crippen molar-refractivity contribution >= 4 is 5.95 Å². The smallest absolute Gasteiger partial charge is 0.245 e. The van der Waals surface area contributed by atoms with Gasteiger partial charge in [0.15, 0.2) is 5.82 Å². The fourth-order valence-corrected chi connectivity index (χ4v) is 2.11. The van der Waals surface area contributed by atoms with Crippen LogP contribution >= 0.6 is 0 Å². The summed E-state index contributed by atoms with van der Waals surface area (Å²) >= 11 is 0. The number of anilines is 1. The fraction of sp³-hybridized carbons (Fsp3) is 0.545. The van der Waals surface area contributed by atoms with E-state index in [1.807, 2.05) is 13.2 Å². The molecule has 2 N–H and O–H groups in total. The topological polar surface area (TPSA) is 74.7 Å². The van der Waals surface area contributed by atoms with Crippen molar-refractivity contribution in [1.29, 1.82) is 0 Å². The van der Waals surface area contributed by atoms with E-state index in [0.29, 0.717) is 0 Å². The third-order valence-electron chi connectivity index (χ3n) is 3.07. The number of rotatable bonds is 2. The second-order valence-electron chi connectivity index (χ2n) is 4.48. The van der Waals surface area contributed by atoms with Gasteiger partial charge in [-0.1, -0.05) is 0 Å². The summed E-state index contributed by atoms with van der Waals surface area (Å²) in [6.45, 7) is 3.99. The number of nitrogens with one attached hydrogen (secondary N) is 2. The minimum Gasteiger partial charge on any atom is -0.338 e. The molecule has 0 atom stereocenters. The third kappa shape index (κ3) is 2.21. The molecule has 0 aliphatic carbocycles. The molecule has 1 saturated heterocycles. The monoisotopic (exact) mass is 247 g/mol. The molecule has 18 heavy (non-hydrogen) atoms. The van der Waals surface area contributed by atoms with Crippen molar-refractivity contribution in [3.05, 3.63) is 12.4 Å². The molecule has 3 heterocycles. The first-order valence-electron chi connectivity index (χ1n) is 6.20. The predicted octanol–water partition coefficient (Wildman–Crippen LogP) is 0.00490. The van der Waals surface area contributed by atoms with E-state index in [2.05, 4.69) is 30.5 Å². The lowest BCUT2D eigenvalue weighted by Crippen LogP contribution is -2.28. The molecule has 0 amide bonds. The van der Waals surface area contributed by atoms with Crippen LogP contribution in [0.15, 0.2) is 12.4 Å². The number of aryl methyl sites for hydroxylation is 1. The molecule has 0 aromatic carbocycles. The molecule has 0 bridgehead atoms. The molecule has 0 radical (unpaired) electrons. The number of aromatic amines is 1. The van der Waals surface area contributed by atoms with Crippen LogP contribution in [0, 0.1) is 0 Å². The Labute approximate surface area is 105 Å². The molecular weight excluding hydrogens is 230 g/mol. The summed E-state index contributed by atoms with van der Waals surface area (Å²) in [6, 6.07) is 0. The predicted molar refractivity (Wildman–Crippen MR) is 68.3 cm³/mol. The molecule has 2 aromatic rings. The molecule has 96 valence electrons. The highest BCUT2D eigenvalue weighted by Gasteiger charge is 2.15. The molecule has 3 rings (SSSR count). The van der Waals surface area contributed by atoms with Gasteiger partial charge in [0.1, 0.15) is 0 Å². The molecule has 2 aromatic heterocycles. The van der Waals surface area contributed by atoms with Crippen LogP contribution in [0.3, 0.4) is 0 Å². The second kappa shape index (κ2) is 4.77. The average Bonchev–Trinajstić information content (AvgIpc) is 2.92. The number of hydrogen-bond acceptors (Lipinski definition) is 5. The summed E-state index contributed by atoms with van der Waals surface area (Å²) < 4.78 is 1.76. The third-order valence-corrected chi connectivity index (χ3v) is 3.07. The quantitative estimate of drug-likeness (QED) is 0.781. The summed E-state index contributed by atoms with van der Waals surface area (Å²) in [5.41, 5.74) is 0.962. The Kier molecular flexibility index (Phi) is 2.97. The zero-order valence-electron chi connectivity index (χ0n) is 10.4. The van der Waals surface area contributed by atoms with Crippen LogP contribution in [0.4, 0.5) is 5.95 Å². The number of H-pyrrole nitrogens is 1. The van der Waals surface area contributed by atoms with Gasteiger partial charge >= 0.3 is 0 Å². The van der Waals surface area contributed by atoms with Crippen LogP contribution in [0.25, 0.3) is 11.4 Å². The van der Waals surface area contributed by atoms with Gasteiger partial charge in [-0.15, -0.1) is 5.10 Å². The fourth-order valence-electron chi connectivity index (χ4n) is 2.11. The van der Waals surface area contributed by atoms with Crippen molar-refractivity contribution in [2.24, 2.45) is 7.05 Å². The SMILES string of the molecule is Cn1cc(-c2nc(N3CCCNCC3)n[nH]2)cn1. The molecule has 0 saturated carbocycles. The van der Waals surface area contributed by atoms with Gasteiger partial charge in [-0.2, -0.15) is 10.1 Å².